The number of aryl methyl sites for hydroxylation is 1. The molecule has 1 N–H and O–H groups in total. The van der Waals surface area contributed by atoms with Crippen LogP contribution in [0.3, 0.4) is 0 Å². The van der Waals surface area contributed by atoms with Crippen LogP contribution in [0.5, 0.6) is 0 Å². The Morgan fingerprint density at radius 1 is 0.969 bits per heavy atom. The predicted molar refractivity (Wildman–Crippen MR) is 131 cm³/mol. The van der Waals surface area contributed by atoms with E-state index < -0.39 is 0 Å². The molecule has 4 aromatic rings. The smallest absolute Gasteiger partial charge is 0.241 e. The largest absolute Gasteiger partial charge is 0.354 e. The Bertz CT molecular complexity index is 1240. The second kappa shape index (κ2) is 8.63. The third-order valence-electron chi connectivity index (χ3n) is 6.57. The highest BCUT2D eigenvalue weighted by molar-refractivity contribution is 6.10. The normalized spacial score (nSPS) is 15.9. The summed E-state index contributed by atoms with van der Waals surface area (Å²) in [4.78, 5) is 22.0. The summed E-state index contributed by atoms with van der Waals surface area (Å²) in [5.74, 6) is 1.04. The maximum Gasteiger partial charge on any atom is 0.241 e. The van der Waals surface area contributed by atoms with Gasteiger partial charge in [-0.1, -0.05) is 24.3 Å². The molecular weight excluding hydrogens is 398 g/mol. The van der Waals surface area contributed by atoms with Gasteiger partial charge in [-0.2, -0.15) is 0 Å². The molecule has 5 rings (SSSR count). The van der Waals surface area contributed by atoms with Crippen molar-refractivity contribution in [2.45, 2.75) is 26.4 Å². The number of rotatable bonds is 5. The van der Waals surface area contributed by atoms with Crippen molar-refractivity contribution < 1.29 is 4.79 Å². The molecule has 0 bridgehead atoms. The van der Waals surface area contributed by atoms with E-state index in [-0.39, 0.29) is 11.9 Å². The van der Waals surface area contributed by atoms with E-state index in [2.05, 4.69) is 68.0 Å². The monoisotopic (exact) mass is 427 g/mol. The van der Waals surface area contributed by atoms with Gasteiger partial charge in [-0.15, -0.1) is 0 Å². The first-order valence-corrected chi connectivity index (χ1v) is 11.4. The molecule has 164 valence electrons. The maximum atomic E-state index is 13.0. The molecule has 0 spiro atoms. The molecule has 1 amide bonds. The van der Waals surface area contributed by atoms with Crippen molar-refractivity contribution in [3.8, 4) is 0 Å². The van der Waals surface area contributed by atoms with Crippen molar-refractivity contribution in [1.82, 2.24) is 14.5 Å². The van der Waals surface area contributed by atoms with Gasteiger partial charge >= 0.3 is 0 Å². The van der Waals surface area contributed by atoms with Crippen LogP contribution in [0.25, 0.3) is 21.8 Å². The van der Waals surface area contributed by atoms with Crippen LogP contribution in [0.15, 0.2) is 66.9 Å². The van der Waals surface area contributed by atoms with Crippen LogP contribution in [0.4, 0.5) is 11.5 Å². The topological polar surface area (TPSA) is 53.4 Å². The quantitative estimate of drug-likeness (QED) is 0.514. The summed E-state index contributed by atoms with van der Waals surface area (Å²) in [6.07, 6.45) is 1.83. The highest BCUT2D eigenvalue weighted by Crippen LogP contribution is 2.31. The first kappa shape index (κ1) is 20.5. The van der Waals surface area contributed by atoms with Crippen LogP contribution in [0.1, 0.15) is 13.8 Å². The second-order valence-electron chi connectivity index (χ2n) is 8.37. The number of pyridine rings is 1. The van der Waals surface area contributed by atoms with Crippen molar-refractivity contribution in [1.29, 1.82) is 0 Å². The lowest BCUT2D eigenvalue weighted by molar-refractivity contribution is -0.120. The summed E-state index contributed by atoms with van der Waals surface area (Å²) in [5, 5.41) is 5.55. The number of hydrogen-bond donors (Lipinski definition) is 1. The fourth-order valence-electron chi connectivity index (χ4n) is 4.76. The number of carbonyl (C=O) groups excluding carboxylic acids is 1. The molecule has 1 aliphatic rings. The number of piperazine rings is 1. The van der Waals surface area contributed by atoms with Gasteiger partial charge < -0.3 is 14.8 Å². The molecule has 0 aliphatic carbocycles. The van der Waals surface area contributed by atoms with Crippen LogP contribution in [-0.2, 0) is 11.3 Å². The number of nitrogens with one attached hydrogen (secondary N) is 1. The Hall–Kier alpha value is -3.38. The summed E-state index contributed by atoms with van der Waals surface area (Å²) in [7, 11) is 0. The molecule has 6 nitrogen and oxygen atoms in total. The van der Waals surface area contributed by atoms with Gasteiger partial charge in [0.1, 0.15) is 5.82 Å². The number of aromatic nitrogens is 2. The van der Waals surface area contributed by atoms with Gasteiger partial charge in [0, 0.05) is 66.4 Å². The molecule has 2 aromatic heterocycles. The van der Waals surface area contributed by atoms with Gasteiger partial charge in [0.15, 0.2) is 0 Å². The Kier molecular flexibility index (Phi) is 5.53. The van der Waals surface area contributed by atoms with Gasteiger partial charge in [0.05, 0.1) is 6.04 Å². The Morgan fingerprint density at radius 2 is 1.72 bits per heavy atom. The van der Waals surface area contributed by atoms with Crippen LogP contribution in [0.2, 0.25) is 0 Å². The number of amides is 1. The first-order valence-electron chi connectivity index (χ1n) is 11.4. The number of fused-ring (bicyclic) bond motifs is 3. The average molecular weight is 428 g/mol. The molecule has 1 aliphatic heterocycles. The molecule has 1 atom stereocenters. The maximum absolute atomic E-state index is 13.0. The van der Waals surface area contributed by atoms with Gasteiger partial charge in [-0.05, 0) is 50.2 Å². The summed E-state index contributed by atoms with van der Waals surface area (Å²) >= 11 is 0. The predicted octanol–water partition coefficient (Wildman–Crippen LogP) is 4.36. The number of anilines is 2. The van der Waals surface area contributed by atoms with Crippen LogP contribution in [-0.4, -0.2) is 52.6 Å². The standard InChI is InChI=1S/C26H29N5O/c1-3-31-23-9-5-4-8-21(23)22-18-20(11-12-24(22)31)28-26(32)19(2)29-14-16-30(17-15-29)25-10-6-7-13-27-25/h4-13,18-19H,3,14-17H2,1-2H3,(H,28,32)/t19-/m1/s1. The number of para-hydroxylation sites is 1. The molecule has 32 heavy (non-hydrogen) atoms. The van der Waals surface area contributed by atoms with Crippen LogP contribution < -0.4 is 10.2 Å². The number of hydrogen-bond acceptors (Lipinski definition) is 4. The highest BCUT2D eigenvalue weighted by Gasteiger charge is 2.26. The van der Waals surface area contributed by atoms with Gasteiger partial charge in [0.25, 0.3) is 0 Å². The Labute approximate surface area is 188 Å². The number of carbonyl (C=O) groups is 1. The summed E-state index contributed by atoms with van der Waals surface area (Å²) in [5.41, 5.74) is 3.28. The first-order chi connectivity index (χ1) is 15.7. The fourth-order valence-corrected chi connectivity index (χ4v) is 4.76. The van der Waals surface area contributed by atoms with Gasteiger partial charge in [-0.3, -0.25) is 9.69 Å². The van der Waals surface area contributed by atoms with E-state index in [4.69, 9.17) is 0 Å². The Balaban J connectivity index is 1.29. The van der Waals surface area contributed by atoms with Gasteiger partial charge in [0.2, 0.25) is 5.91 Å². The fraction of sp³-hybridized carbons (Fsp3) is 0.308. The highest BCUT2D eigenvalue weighted by atomic mass is 16.2. The molecule has 2 aromatic carbocycles. The SMILES string of the molecule is CCn1c2ccccc2c2cc(NC(=O)[C@@H](C)N3CCN(c4ccccn4)CC3)ccc21. The molecule has 6 heteroatoms. The summed E-state index contributed by atoms with van der Waals surface area (Å²) < 4.78 is 2.32. The molecule has 1 fully saturated rings. The lowest BCUT2D eigenvalue weighted by Gasteiger charge is -2.37. The van der Waals surface area contributed by atoms with Crippen LogP contribution in [0, 0.1) is 0 Å². The number of nitrogens with zero attached hydrogens (tertiary/aromatic N) is 4. The molecule has 1 saturated heterocycles. The van der Waals surface area contributed by atoms with Crippen molar-refractivity contribution in [2.75, 3.05) is 36.4 Å². The average Bonchev–Trinajstić information content (AvgIpc) is 3.17. The third-order valence-corrected chi connectivity index (χ3v) is 6.57. The summed E-state index contributed by atoms with van der Waals surface area (Å²) in [6, 6.07) is 20.5. The minimum Gasteiger partial charge on any atom is -0.354 e. The third kappa shape index (κ3) is 3.71. The zero-order valence-corrected chi connectivity index (χ0v) is 18.7. The molecule has 0 radical (unpaired) electrons. The van der Waals surface area contributed by atoms with Crippen molar-refractivity contribution in [3.63, 3.8) is 0 Å². The summed E-state index contributed by atoms with van der Waals surface area (Å²) in [6.45, 7) is 8.50. The minimum absolute atomic E-state index is 0.0369. The van der Waals surface area contributed by atoms with E-state index in [9.17, 15) is 4.79 Å². The van der Waals surface area contributed by atoms with E-state index in [1.54, 1.807) is 0 Å². The van der Waals surface area contributed by atoms with Crippen LogP contribution >= 0.6 is 0 Å². The van der Waals surface area contributed by atoms with Gasteiger partial charge in [-0.25, -0.2) is 4.98 Å². The second-order valence-corrected chi connectivity index (χ2v) is 8.37. The molecule has 0 saturated carbocycles. The molecular formula is C26H29N5O. The Morgan fingerprint density at radius 3 is 2.47 bits per heavy atom. The lowest BCUT2D eigenvalue weighted by Crippen LogP contribution is -2.53. The van der Waals surface area contributed by atoms with Crippen molar-refractivity contribution in [2.24, 2.45) is 0 Å². The lowest BCUT2D eigenvalue weighted by atomic mass is 10.1. The van der Waals surface area contributed by atoms with E-state index in [1.807, 2.05) is 37.4 Å². The minimum atomic E-state index is -0.187. The van der Waals surface area contributed by atoms with Crippen molar-refractivity contribution in [3.05, 3.63) is 66.9 Å². The number of benzene rings is 2. The zero-order valence-electron chi connectivity index (χ0n) is 18.7. The van der Waals surface area contributed by atoms with E-state index >= 15 is 0 Å². The zero-order chi connectivity index (χ0) is 22.1. The van der Waals surface area contributed by atoms with E-state index in [0.717, 1.165) is 44.2 Å². The van der Waals surface area contributed by atoms with E-state index in [1.165, 1.54) is 21.8 Å². The molecule has 0 unspecified atom stereocenters. The molecule has 3 heterocycles. The van der Waals surface area contributed by atoms with E-state index in [0.29, 0.717) is 0 Å². The van der Waals surface area contributed by atoms with Crippen molar-refractivity contribution >= 4 is 39.2 Å².